The third-order valence-electron chi connectivity index (χ3n) is 4.08. The van der Waals surface area contributed by atoms with Gasteiger partial charge in [-0.3, -0.25) is 4.79 Å². The fourth-order valence-electron chi connectivity index (χ4n) is 2.56. The minimum atomic E-state index is -0.269. The number of carbonyl (C=O) groups is 1. The third-order valence-corrected chi connectivity index (χ3v) is 4.48. The topological polar surface area (TPSA) is 40.5 Å². The van der Waals surface area contributed by atoms with E-state index in [0.29, 0.717) is 32.4 Å². The molecule has 0 aromatic heterocycles. The van der Waals surface area contributed by atoms with Gasteiger partial charge in [-0.2, -0.15) is 0 Å². The highest BCUT2D eigenvalue weighted by molar-refractivity contribution is 6.31. The number of aliphatic hydroxyl groups excluding tert-OH is 1. The van der Waals surface area contributed by atoms with Crippen LogP contribution in [-0.2, 0) is 11.2 Å². The SMILES string of the molecule is Cc1ccc(CCC(=O)N2CCC(O)C(C)C2)cc1Cl. The van der Waals surface area contributed by atoms with Gasteiger partial charge in [0, 0.05) is 24.5 Å². The lowest BCUT2D eigenvalue weighted by molar-refractivity contribution is -0.134. The van der Waals surface area contributed by atoms with Crippen LogP contribution in [0.4, 0.5) is 0 Å². The minimum Gasteiger partial charge on any atom is -0.393 e. The summed E-state index contributed by atoms with van der Waals surface area (Å²) in [4.78, 5) is 14.1. The van der Waals surface area contributed by atoms with E-state index in [1.807, 2.05) is 36.9 Å². The highest BCUT2D eigenvalue weighted by atomic mass is 35.5. The number of rotatable bonds is 3. The van der Waals surface area contributed by atoms with E-state index in [9.17, 15) is 9.90 Å². The first-order valence-corrected chi connectivity index (χ1v) is 7.56. The van der Waals surface area contributed by atoms with Crippen molar-refractivity contribution < 1.29 is 9.90 Å². The van der Waals surface area contributed by atoms with Gasteiger partial charge < -0.3 is 10.0 Å². The maximum Gasteiger partial charge on any atom is 0.222 e. The number of halogens is 1. The van der Waals surface area contributed by atoms with Crippen LogP contribution in [0.15, 0.2) is 18.2 Å². The van der Waals surface area contributed by atoms with Crippen LogP contribution in [0.2, 0.25) is 5.02 Å². The Morgan fingerprint density at radius 2 is 2.25 bits per heavy atom. The maximum absolute atomic E-state index is 12.2. The molecule has 0 bridgehead atoms. The van der Waals surface area contributed by atoms with Gasteiger partial charge in [0.05, 0.1) is 6.10 Å². The summed E-state index contributed by atoms with van der Waals surface area (Å²) < 4.78 is 0. The van der Waals surface area contributed by atoms with Crippen molar-refractivity contribution in [3.05, 3.63) is 34.3 Å². The molecule has 0 aliphatic carbocycles. The van der Waals surface area contributed by atoms with Crippen LogP contribution < -0.4 is 0 Å². The first-order valence-electron chi connectivity index (χ1n) is 7.18. The molecule has 1 aromatic rings. The molecule has 1 aliphatic rings. The number of nitrogens with zero attached hydrogens (tertiary/aromatic N) is 1. The lowest BCUT2D eigenvalue weighted by Gasteiger charge is -2.34. The summed E-state index contributed by atoms with van der Waals surface area (Å²) in [6.45, 7) is 5.29. The van der Waals surface area contributed by atoms with Gasteiger partial charge in [0.25, 0.3) is 0 Å². The predicted molar refractivity (Wildman–Crippen MR) is 80.9 cm³/mol. The van der Waals surface area contributed by atoms with E-state index in [4.69, 9.17) is 11.6 Å². The molecule has 1 aromatic carbocycles. The van der Waals surface area contributed by atoms with E-state index >= 15 is 0 Å². The zero-order chi connectivity index (χ0) is 14.7. The highest BCUT2D eigenvalue weighted by Crippen LogP contribution is 2.20. The molecular formula is C16H22ClNO2. The van der Waals surface area contributed by atoms with Crippen LogP contribution in [0.1, 0.15) is 30.9 Å². The lowest BCUT2D eigenvalue weighted by atomic mass is 9.96. The first-order chi connectivity index (χ1) is 9.47. The van der Waals surface area contributed by atoms with E-state index in [0.717, 1.165) is 16.1 Å². The van der Waals surface area contributed by atoms with Crippen LogP contribution in [0, 0.1) is 12.8 Å². The van der Waals surface area contributed by atoms with Gasteiger partial charge in [-0.25, -0.2) is 0 Å². The van der Waals surface area contributed by atoms with Gasteiger partial charge in [-0.1, -0.05) is 30.7 Å². The van der Waals surface area contributed by atoms with Crippen LogP contribution >= 0.6 is 11.6 Å². The number of aliphatic hydroxyl groups is 1. The second-order valence-corrected chi connectivity index (χ2v) is 6.16. The van der Waals surface area contributed by atoms with E-state index < -0.39 is 0 Å². The molecule has 0 spiro atoms. The van der Waals surface area contributed by atoms with Crippen molar-refractivity contribution in [2.24, 2.45) is 5.92 Å². The number of hydrogen-bond acceptors (Lipinski definition) is 2. The second-order valence-electron chi connectivity index (χ2n) is 5.76. The Balaban J connectivity index is 1.87. The Morgan fingerprint density at radius 3 is 2.90 bits per heavy atom. The Labute approximate surface area is 125 Å². The molecule has 3 nitrogen and oxygen atoms in total. The maximum atomic E-state index is 12.2. The van der Waals surface area contributed by atoms with E-state index in [1.165, 1.54) is 0 Å². The molecule has 1 heterocycles. The molecule has 1 fully saturated rings. The smallest absolute Gasteiger partial charge is 0.222 e. The van der Waals surface area contributed by atoms with E-state index in [1.54, 1.807) is 0 Å². The molecular weight excluding hydrogens is 274 g/mol. The number of aryl methyl sites for hydroxylation is 2. The summed E-state index contributed by atoms with van der Waals surface area (Å²) in [5, 5.41) is 10.4. The van der Waals surface area contributed by atoms with Crippen molar-refractivity contribution >= 4 is 17.5 Å². The van der Waals surface area contributed by atoms with Gasteiger partial charge in [-0.15, -0.1) is 0 Å². The molecule has 1 aliphatic heterocycles. The second kappa shape index (κ2) is 6.59. The Hall–Kier alpha value is -1.06. The zero-order valence-electron chi connectivity index (χ0n) is 12.1. The van der Waals surface area contributed by atoms with Crippen molar-refractivity contribution in [3.8, 4) is 0 Å². The van der Waals surface area contributed by atoms with Crippen LogP contribution in [0.3, 0.4) is 0 Å². The Morgan fingerprint density at radius 1 is 1.50 bits per heavy atom. The molecule has 2 atom stereocenters. The number of hydrogen-bond donors (Lipinski definition) is 1. The minimum absolute atomic E-state index is 0.167. The summed E-state index contributed by atoms with van der Waals surface area (Å²) in [5.74, 6) is 0.335. The van der Waals surface area contributed by atoms with Gasteiger partial charge >= 0.3 is 0 Å². The molecule has 20 heavy (non-hydrogen) atoms. The average molecular weight is 296 g/mol. The Bertz CT molecular complexity index is 489. The molecule has 110 valence electrons. The van der Waals surface area contributed by atoms with Crippen LogP contribution in [-0.4, -0.2) is 35.1 Å². The number of piperidine rings is 1. The van der Waals surface area contributed by atoms with Crippen LogP contribution in [0.5, 0.6) is 0 Å². The Kier molecular flexibility index (Phi) is 5.06. The highest BCUT2D eigenvalue weighted by Gasteiger charge is 2.26. The molecule has 2 rings (SSSR count). The van der Waals surface area contributed by atoms with Gasteiger partial charge in [0.1, 0.15) is 0 Å². The van der Waals surface area contributed by atoms with Crippen molar-refractivity contribution in [1.82, 2.24) is 4.90 Å². The van der Waals surface area contributed by atoms with Crippen molar-refractivity contribution in [3.63, 3.8) is 0 Å². The fourth-order valence-corrected chi connectivity index (χ4v) is 2.76. The quantitative estimate of drug-likeness (QED) is 0.931. The molecule has 2 unspecified atom stereocenters. The number of likely N-dealkylation sites (tertiary alicyclic amines) is 1. The zero-order valence-corrected chi connectivity index (χ0v) is 12.9. The van der Waals surface area contributed by atoms with Crippen LogP contribution in [0.25, 0.3) is 0 Å². The van der Waals surface area contributed by atoms with E-state index in [2.05, 4.69) is 0 Å². The summed E-state index contributed by atoms with van der Waals surface area (Å²) >= 11 is 6.09. The lowest BCUT2D eigenvalue weighted by Crippen LogP contribution is -2.45. The molecule has 4 heteroatoms. The fraction of sp³-hybridized carbons (Fsp3) is 0.562. The number of carbonyl (C=O) groups excluding carboxylic acids is 1. The molecule has 1 saturated heterocycles. The summed E-state index contributed by atoms with van der Waals surface area (Å²) in [6.07, 6.45) is 1.63. The van der Waals surface area contributed by atoms with E-state index in [-0.39, 0.29) is 17.9 Å². The third kappa shape index (κ3) is 3.74. The standard InChI is InChI=1S/C16H22ClNO2/c1-11-3-4-13(9-14(11)17)5-6-16(20)18-8-7-15(19)12(2)10-18/h3-4,9,12,15,19H,5-8,10H2,1-2H3. The van der Waals surface area contributed by atoms with Gasteiger partial charge in [0.2, 0.25) is 5.91 Å². The number of benzene rings is 1. The normalized spacial score (nSPS) is 22.9. The van der Waals surface area contributed by atoms with Crippen molar-refractivity contribution in [2.75, 3.05) is 13.1 Å². The summed E-state index contributed by atoms with van der Waals surface area (Å²) in [6, 6.07) is 5.95. The summed E-state index contributed by atoms with van der Waals surface area (Å²) in [5.41, 5.74) is 2.15. The molecule has 1 amide bonds. The van der Waals surface area contributed by atoms with Gasteiger partial charge in [0.15, 0.2) is 0 Å². The molecule has 0 radical (unpaired) electrons. The average Bonchev–Trinajstić information content (AvgIpc) is 2.43. The molecule has 1 N–H and O–H groups in total. The van der Waals surface area contributed by atoms with Crippen molar-refractivity contribution in [2.45, 2.75) is 39.2 Å². The predicted octanol–water partition coefficient (Wildman–Crippen LogP) is 2.81. The van der Waals surface area contributed by atoms with Gasteiger partial charge in [-0.05, 0) is 42.9 Å². The monoisotopic (exact) mass is 295 g/mol. The molecule has 0 saturated carbocycles. The van der Waals surface area contributed by atoms with Crippen molar-refractivity contribution in [1.29, 1.82) is 0 Å². The largest absolute Gasteiger partial charge is 0.393 e. The number of amides is 1. The summed E-state index contributed by atoms with van der Waals surface area (Å²) in [7, 11) is 0. The first kappa shape index (κ1) is 15.3.